The number of aromatic carboxylic acids is 1. The second-order valence-electron chi connectivity index (χ2n) is 9.68. The van der Waals surface area contributed by atoms with Crippen LogP contribution >= 0.6 is 0 Å². The van der Waals surface area contributed by atoms with Crippen molar-refractivity contribution < 1.29 is 27.9 Å². The van der Waals surface area contributed by atoms with E-state index in [-0.39, 0.29) is 41.8 Å². The highest BCUT2D eigenvalue weighted by Gasteiger charge is 2.42. The Hall–Kier alpha value is -3.33. The first kappa shape index (κ1) is 22.2. The van der Waals surface area contributed by atoms with E-state index in [0.717, 1.165) is 61.7 Å². The number of aromatic nitrogens is 2. The summed E-state index contributed by atoms with van der Waals surface area (Å²) in [6.45, 7) is 0.261. The smallest absolute Gasteiger partial charge is 0.337 e. The van der Waals surface area contributed by atoms with Crippen molar-refractivity contribution in [1.29, 1.82) is 0 Å². The Balaban J connectivity index is 1.18. The molecule has 0 amide bonds. The third-order valence-corrected chi connectivity index (χ3v) is 7.37. The fourth-order valence-electron chi connectivity index (χ4n) is 5.52. The zero-order valence-corrected chi connectivity index (χ0v) is 19.0. The number of fused-ring (bicyclic) bond motifs is 2. The minimum absolute atomic E-state index is 0.0231. The molecule has 1 saturated carbocycles. The monoisotopic (exact) mass is 481 g/mol. The Bertz CT molecular complexity index is 1240. The molecule has 0 spiro atoms. The highest BCUT2D eigenvalue weighted by atomic mass is 19.1. The molecule has 182 valence electrons. The number of anilines is 1. The normalized spacial score (nSPS) is 23.6. The summed E-state index contributed by atoms with van der Waals surface area (Å²) >= 11 is 0. The lowest BCUT2D eigenvalue weighted by atomic mass is 9.99. The molecule has 3 aliphatic rings. The third kappa shape index (κ3) is 4.18. The molecule has 3 fully saturated rings. The molecule has 2 aromatic heterocycles. The molecule has 6 rings (SSSR count). The zero-order chi connectivity index (χ0) is 24.1. The molecule has 4 heterocycles. The minimum atomic E-state index is -0.988. The Morgan fingerprint density at radius 3 is 2.51 bits per heavy atom. The first-order valence-corrected chi connectivity index (χ1v) is 12.0. The standard InChI is InChI=1S/C26H25F2N3O4/c27-16-4-7-20(22(28)9-16)24-21(25(35-30-24)14-1-2-14)13-34-19-10-17-5-6-18(11-19)31(17)23-8-3-15(12-29-23)26(32)33/h3-4,7-9,12,14,17-19H,1-2,5-6,10-11,13H2,(H,32,33)/t17-,18?,19?/m0/s1. The van der Waals surface area contributed by atoms with Crippen LogP contribution in [0.5, 0.6) is 0 Å². The van der Waals surface area contributed by atoms with Gasteiger partial charge in [-0.25, -0.2) is 18.6 Å². The number of carboxylic acid groups (broad SMARTS) is 1. The fourth-order valence-corrected chi connectivity index (χ4v) is 5.52. The average Bonchev–Trinajstić information content (AvgIpc) is 3.55. The summed E-state index contributed by atoms with van der Waals surface area (Å²) in [4.78, 5) is 17.8. The van der Waals surface area contributed by atoms with Crippen LogP contribution in [0.4, 0.5) is 14.6 Å². The number of nitrogens with zero attached hydrogens (tertiary/aromatic N) is 3. The zero-order valence-electron chi connectivity index (χ0n) is 19.0. The van der Waals surface area contributed by atoms with Gasteiger partial charge in [0.15, 0.2) is 0 Å². The SMILES string of the molecule is O=C(O)c1ccc(N2C3CC[C@H]2CC(OCc2c(-c4ccc(F)cc4F)noc2C2CC2)C3)nc1. The van der Waals surface area contributed by atoms with Gasteiger partial charge in [-0.1, -0.05) is 5.16 Å². The van der Waals surface area contributed by atoms with Gasteiger partial charge in [-0.3, -0.25) is 0 Å². The van der Waals surface area contributed by atoms with Gasteiger partial charge in [0.05, 0.1) is 18.3 Å². The summed E-state index contributed by atoms with van der Waals surface area (Å²) in [6.07, 6.45) is 7.13. The van der Waals surface area contributed by atoms with Crippen LogP contribution in [0, 0.1) is 11.6 Å². The molecule has 2 bridgehead atoms. The number of piperidine rings is 1. The lowest BCUT2D eigenvalue weighted by Crippen LogP contribution is -2.46. The van der Waals surface area contributed by atoms with Gasteiger partial charge in [-0.2, -0.15) is 0 Å². The van der Waals surface area contributed by atoms with Gasteiger partial charge < -0.3 is 19.3 Å². The first-order chi connectivity index (χ1) is 17.0. The van der Waals surface area contributed by atoms with E-state index in [1.807, 2.05) is 0 Å². The van der Waals surface area contributed by atoms with E-state index in [0.29, 0.717) is 5.69 Å². The van der Waals surface area contributed by atoms with E-state index in [9.17, 15) is 13.6 Å². The molecule has 0 radical (unpaired) electrons. The molecule has 3 aromatic rings. The van der Waals surface area contributed by atoms with Gasteiger partial charge in [0.1, 0.15) is 28.9 Å². The Morgan fingerprint density at radius 1 is 1.11 bits per heavy atom. The molecular weight excluding hydrogens is 456 g/mol. The molecule has 1 aromatic carbocycles. The van der Waals surface area contributed by atoms with Gasteiger partial charge in [0, 0.05) is 41.4 Å². The summed E-state index contributed by atoms with van der Waals surface area (Å²) in [5, 5.41) is 13.3. The van der Waals surface area contributed by atoms with Crippen molar-refractivity contribution in [2.24, 2.45) is 0 Å². The van der Waals surface area contributed by atoms with Gasteiger partial charge >= 0.3 is 5.97 Å². The summed E-state index contributed by atoms with van der Waals surface area (Å²) in [5.41, 5.74) is 1.52. The van der Waals surface area contributed by atoms with E-state index in [2.05, 4.69) is 15.0 Å². The molecular formula is C26H25F2N3O4. The number of hydrogen-bond donors (Lipinski definition) is 1. The lowest BCUT2D eigenvalue weighted by Gasteiger charge is -2.39. The molecule has 9 heteroatoms. The molecule has 35 heavy (non-hydrogen) atoms. The molecule has 1 aliphatic carbocycles. The third-order valence-electron chi connectivity index (χ3n) is 7.37. The van der Waals surface area contributed by atoms with Crippen LogP contribution in [0.15, 0.2) is 41.1 Å². The Labute approximate surface area is 200 Å². The minimum Gasteiger partial charge on any atom is -0.478 e. The van der Waals surface area contributed by atoms with Crippen molar-refractivity contribution >= 4 is 11.8 Å². The predicted octanol–water partition coefficient (Wildman–Crippen LogP) is 5.31. The summed E-state index contributed by atoms with van der Waals surface area (Å²) in [7, 11) is 0. The number of halogens is 2. The molecule has 1 N–H and O–H groups in total. The number of rotatable bonds is 7. The number of carboxylic acids is 1. The molecule has 2 aliphatic heterocycles. The van der Waals surface area contributed by atoms with Crippen LogP contribution in [0.25, 0.3) is 11.3 Å². The van der Waals surface area contributed by atoms with Crippen LogP contribution in [0.2, 0.25) is 0 Å². The van der Waals surface area contributed by atoms with Crippen LogP contribution in [-0.2, 0) is 11.3 Å². The van der Waals surface area contributed by atoms with Gasteiger partial charge in [-0.15, -0.1) is 0 Å². The molecule has 7 nitrogen and oxygen atoms in total. The number of ether oxygens (including phenoxy) is 1. The maximum atomic E-state index is 14.5. The van der Waals surface area contributed by atoms with Crippen molar-refractivity contribution in [3.05, 3.63) is 65.1 Å². The first-order valence-electron chi connectivity index (χ1n) is 12.0. The molecule has 3 atom stereocenters. The number of carbonyl (C=O) groups is 1. The molecule has 2 unspecified atom stereocenters. The lowest BCUT2D eigenvalue weighted by molar-refractivity contribution is 0.0146. The topological polar surface area (TPSA) is 88.7 Å². The maximum Gasteiger partial charge on any atom is 0.337 e. The van der Waals surface area contributed by atoms with Crippen LogP contribution in [0.1, 0.15) is 66.1 Å². The Kier molecular flexibility index (Phi) is 5.51. The van der Waals surface area contributed by atoms with Crippen molar-refractivity contribution in [3.63, 3.8) is 0 Å². The van der Waals surface area contributed by atoms with E-state index in [1.165, 1.54) is 18.3 Å². The van der Waals surface area contributed by atoms with Crippen LogP contribution in [-0.4, -0.2) is 39.4 Å². The van der Waals surface area contributed by atoms with E-state index >= 15 is 0 Å². The second-order valence-corrected chi connectivity index (χ2v) is 9.68. The number of hydrogen-bond acceptors (Lipinski definition) is 6. The average molecular weight is 481 g/mol. The molecule has 2 saturated heterocycles. The maximum absolute atomic E-state index is 14.5. The predicted molar refractivity (Wildman–Crippen MR) is 122 cm³/mol. The van der Waals surface area contributed by atoms with Gasteiger partial charge in [0.25, 0.3) is 0 Å². The van der Waals surface area contributed by atoms with Crippen molar-refractivity contribution in [2.45, 2.75) is 69.2 Å². The summed E-state index contributed by atoms with van der Waals surface area (Å²) < 4.78 is 39.9. The van der Waals surface area contributed by atoms with E-state index < -0.39 is 17.6 Å². The van der Waals surface area contributed by atoms with E-state index in [4.69, 9.17) is 14.4 Å². The van der Waals surface area contributed by atoms with Crippen molar-refractivity contribution in [2.75, 3.05) is 4.90 Å². The van der Waals surface area contributed by atoms with Crippen molar-refractivity contribution in [3.8, 4) is 11.3 Å². The fraction of sp³-hybridized carbons (Fsp3) is 0.423. The highest BCUT2D eigenvalue weighted by molar-refractivity contribution is 5.87. The van der Waals surface area contributed by atoms with Crippen molar-refractivity contribution in [1.82, 2.24) is 10.1 Å². The van der Waals surface area contributed by atoms with Gasteiger partial charge in [0.2, 0.25) is 0 Å². The summed E-state index contributed by atoms with van der Waals surface area (Å²) in [5.74, 6) is -0.481. The second kappa shape index (κ2) is 8.71. The highest BCUT2D eigenvalue weighted by Crippen LogP contribution is 2.45. The van der Waals surface area contributed by atoms with Gasteiger partial charge in [-0.05, 0) is 62.8 Å². The summed E-state index contributed by atoms with van der Waals surface area (Å²) in [6, 6.07) is 7.37. The Morgan fingerprint density at radius 2 is 1.89 bits per heavy atom. The quantitative estimate of drug-likeness (QED) is 0.489. The van der Waals surface area contributed by atoms with Crippen LogP contribution < -0.4 is 4.90 Å². The number of pyridine rings is 1. The van der Waals surface area contributed by atoms with E-state index in [1.54, 1.807) is 12.1 Å². The number of benzene rings is 1. The van der Waals surface area contributed by atoms with Crippen LogP contribution in [0.3, 0.4) is 0 Å². The largest absolute Gasteiger partial charge is 0.478 e.